The highest BCUT2D eigenvalue weighted by molar-refractivity contribution is 5.88. The van der Waals surface area contributed by atoms with Gasteiger partial charge in [0, 0.05) is 6.54 Å². The lowest BCUT2D eigenvalue weighted by atomic mass is 10.1. The second-order valence-electron chi connectivity index (χ2n) is 5.42. The molecular weight excluding hydrogens is 270 g/mol. The van der Waals surface area contributed by atoms with Gasteiger partial charge in [0.15, 0.2) is 5.78 Å². The van der Waals surface area contributed by atoms with Crippen LogP contribution in [0.15, 0.2) is 24.3 Å². The van der Waals surface area contributed by atoms with E-state index >= 15 is 0 Å². The second kappa shape index (κ2) is 6.52. The Morgan fingerprint density at radius 2 is 1.71 bits per heavy atom. The fourth-order valence-electron chi connectivity index (χ4n) is 2.71. The quantitative estimate of drug-likeness (QED) is 0.890. The Morgan fingerprint density at radius 1 is 1.14 bits per heavy atom. The number of hydrogen-bond acceptors (Lipinski definition) is 3. The van der Waals surface area contributed by atoms with Gasteiger partial charge in [-0.3, -0.25) is 14.4 Å². The van der Waals surface area contributed by atoms with E-state index in [0.717, 1.165) is 18.4 Å². The summed E-state index contributed by atoms with van der Waals surface area (Å²) in [5.74, 6) is -0.878. The second-order valence-corrected chi connectivity index (χ2v) is 5.42. The maximum Gasteiger partial charge on any atom is 0.307 e. The number of amides is 1. The highest BCUT2D eigenvalue weighted by Gasteiger charge is 2.31. The molecule has 0 radical (unpaired) electrons. The normalized spacial score (nSPS) is 17.8. The third-order valence-electron chi connectivity index (χ3n) is 3.78. The van der Waals surface area contributed by atoms with Gasteiger partial charge in [0.2, 0.25) is 5.91 Å². The van der Waals surface area contributed by atoms with Gasteiger partial charge in [0.05, 0.1) is 18.9 Å². The molecule has 1 fully saturated rings. The molecule has 1 aliphatic heterocycles. The number of hydrogen-bond donors (Lipinski definition) is 1. The van der Waals surface area contributed by atoms with Crippen molar-refractivity contribution in [1.29, 1.82) is 0 Å². The summed E-state index contributed by atoms with van der Waals surface area (Å²) in [6, 6.07) is 6.72. The van der Waals surface area contributed by atoms with Gasteiger partial charge in [-0.1, -0.05) is 24.3 Å². The third-order valence-corrected chi connectivity index (χ3v) is 3.78. The molecule has 0 bridgehead atoms. The summed E-state index contributed by atoms with van der Waals surface area (Å²) in [6.07, 6.45) is 1.84. The number of aliphatic carboxylic acids is 1. The zero-order chi connectivity index (χ0) is 15.4. The van der Waals surface area contributed by atoms with Gasteiger partial charge in [0.25, 0.3) is 0 Å². The third kappa shape index (κ3) is 3.90. The van der Waals surface area contributed by atoms with Crippen molar-refractivity contribution in [2.24, 2.45) is 0 Å². The van der Waals surface area contributed by atoms with Crippen molar-refractivity contribution >= 4 is 17.7 Å². The molecule has 1 unspecified atom stereocenters. The van der Waals surface area contributed by atoms with Crippen molar-refractivity contribution in [3.05, 3.63) is 35.4 Å². The lowest BCUT2D eigenvalue weighted by Crippen LogP contribution is -2.40. The van der Waals surface area contributed by atoms with Crippen LogP contribution in [0.1, 0.15) is 30.9 Å². The largest absolute Gasteiger partial charge is 0.481 e. The van der Waals surface area contributed by atoms with Gasteiger partial charge >= 0.3 is 5.97 Å². The molecule has 2 rings (SSSR count). The van der Waals surface area contributed by atoms with Gasteiger partial charge in [-0.15, -0.1) is 0 Å². The van der Waals surface area contributed by atoms with E-state index in [1.807, 2.05) is 0 Å². The first-order valence-corrected chi connectivity index (χ1v) is 7.07. The molecule has 21 heavy (non-hydrogen) atoms. The summed E-state index contributed by atoms with van der Waals surface area (Å²) in [4.78, 5) is 36.1. The minimum absolute atomic E-state index is 0.0211. The molecule has 1 aromatic carbocycles. The van der Waals surface area contributed by atoms with Crippen molar-refractivity contribution in [3.8, 4) is 0 Å². The maximum atomic E-state index is 12.3. The number of rotatable bonds is 5. The van der Waals surface area contributed by atoms with Gasteiger partial charge < -0.3 is 10.0 Å². The zero-order valence-electron chi connectivity index (χ0n) is 12.0. The van der Waals surface area contributed by atoms with Crippen LogP contribution in [0, 0.1) is 0 Å². The number of carbonyl (C=O) groups excluding carboxylic acids is 2. The highest BCUT2D eigenvalue weighted by Crippen LogP contribution is 2.19. The Hall–Kier alpha value is -2.17. The molecule has 5 nitrogen and oxygen atoms in total. The molecule has 5 heteroatoms. The van der Waals surface area contributed by atoms with Crippen LogP contribution in [0.25, 0.3) is 0 Å². The summed E-state index contributed by atoms with van der Waals surface area (Å²) < 4.78 is 0. The van der Waals surface area contributed by atoms with Gasteiger partial charge in [-0.05, 0) is 30.9 Å². The molecule has 0 aliphatic carbocycles. The number of benzene rings is 1. The molecule has 1 N–H and O–H groups in total. The zero-order valence-corrected chi connectivity index (χ0v) is 12.0. The smallest absolute Gasteiger partial charge is 0.307 e. The lowest BCUT2D eigenvalue weighted by Gasteiger charge is -2.22. The molecule has 1 saturated heterocycles. The Morgan fingerprint density at radius 3 is 2.24 bits per heavy atom. The molecule has 0 aromatic heterocycles. The van der Waals surface area contributed by atoms with Crippen LogP contribution in [0.3, 0.4) is 0 Å². The highest BCUT2D eigenvalue weighted by atomic mass is 16.4. The van der Waals surface area contributed by atoms with Crippen molar-refractivity contribution in [3.63, 3.8) is 0 Å². The molecule has 1 atom stereocenters. The standard InChI is InChI=1S/C16H19NO4/c1-11(18)14-3-2-8-17(14)15(19)9-12-4-6-13(7-5-12)10-16(20)21/h4-7,14H,2-3,8-10H2,1H3,(H,20,21). The summed E-state index contributed by atoms with van der Waals surface area (Å²) >= 11 is 0. The predicted octanol–water partition coefficient (Wildman–Crippen LogP) is 1.44. The van der Waals surface area contributed by atoms with E-state index in [0.29, 0.717) is 12.1 Å². The number of carboxylic acids is 1. The Bertz CT molecular complexity index is 550. The summed E-state index contributed by atoms with van der Waals surface area (Å²) in [5.41, 5.74) is 1.55. The van der Waals surface area contributed by atoms with E-state index < -0.39 is 5.97 Å². The van der Waals surface area contributed by atoms with E-state index in [1.165, 1.54) is 6.92 Å². The van der Waals surface area contributed by atoms with Crippen LogP contribution in [0.2, 0.25) is 0 Å². The monoisotopic (exact) mass is 289 g/mol. The van der Waals surface area contributed by atoms with Gasteiger partial charge in [0.1, 0.15) is 0 Å². The number of carboxylic acid groups (broad SMARTS) is 1. The van der Waals surface area contributed by atoms with Crippen LogP contribution in [-0.2, 0) is 27.2 Å². The van der Waals surface area contributed by atoms with Crippen LogP contribution in [0.4, 0.5) is 0 Å². The number of carbonyl (C=O) groups is 3. The first-order valence-electron chi connectivity index (χ1n) is 7.07. The lowest BCUT2D eigenvalue weighted by molar-refractivity contribution is -0.136. The number of nitrogens with zero attached hydrogens (tertiary/aromatic N) is 1. The van der Waals surface area contributed by atoms with Crippen LogP contribution < -0.4 is 0 Å². The Labute approximate surface area is 123 Å². The molecule has 0 spiro atoms. The average Bonchev–Trinajstić information content (AvgIpc) is 2.90. The summed E-state index contributed by atoms with van der Waals surface area (Å²) in [6.45, 7) is 2.16. The first kappa shape index (κ1) is 15.2. The average molecular weight is 289 g/mol. The summed E-state index contributed by atoms with van der Waals surface area (Å²) in [7, 11) is 0. The predicted molar refractivity (Wildman–Crippen MR) is 76.9 cm³/mol. The van der Waals surface area contributed by atoms with Gasteiger partial charge in [-0.2, -0.15) is 0 Å². The molecule has 1 amide bonds. The molecule has 1 heterocycles. The Balaban J connectivity index is 1.99. The minimum atomic E-state index is -0.875. The van der Waals surface area contributed by atoms with E-state index in [9.17, 15) is 14.4 Å². The van der Waals surface area contributed by atoms with Gasteiger partial charge in [-0.25, -0.2) is 0 Å². The van der Waals surface area contributed by atoms with Crippen molar-refractivity contribution in [2.45, 2.75) is 38.6 Å². The van der Waals surface area contributed by atoms with Crippen molar-refractivity contribution in [1.82, 2.24) is 4.90 Å². The van der Waals surface area contributed by atoms with E-state index in [2.05, 4.69) is 0 Å². The van der Waals surface area contributed by atoms with Crippen LogP contribution >= 0.6 is 0 Å². The van der Waals surface area contributed by atoms with E-state index in [1.54, 1.807) is 29.2 Å². The molecule has 112 valence electrons. The molecule has 0 saturated carbocycles. The minimum Gasteiger partial charge on any atom is -0.481 e. The van der Waals surface area contributed by atoms with Crippen LogP contribution in [-0.4, -0.2) is 40.3 Å². The van der Waals surface area contributed by atoms with E-state index in [4.69, 9.17) is 5.11 Å². The molecule has 1 aliphatic rings. The maximum absolute atomic E-state index is 12.3. The summed E-state index contributed by atoms with van der Waals surface area (Å²) in [5, 5.41) is 8.71. The SMILES string of the molecule is CC(=O)C1CCCN1C(=O)Cc1ccc(CC(=O)O)cc1. The van der Waals surface area contributed by atoms with Crippen LogP contribution in [0.5, 0.6) is 0 Å². The van der Waals surface area contributed by atoms with E-state index in [-0.39, 0.29) is 30.6 Å². The first-order chi connectivity index (χ1) is 9.97. The number of ketones is 1. The Kier molecular flexibility index (Phi) is 4.73. The number of Topliss-reactive ketones (excluding diaryl/α,β-unsaturated/α-hetero) is 1. The molecule has 1 aromatic rings. The fourth-order valence-corrected chi connectivity index (χ4v) is 2.71. The topological polar surface area (TPSA) is 74.7 Å². The number of likely N-dealkylation sites (tertiary alicyclic amines) is 1. The van der Waals surface area contributed by atoms with Crippen molar-refractivity contribution < 1.29 is 19.5 Å². The van der Waals surface area contributed by atoms with Crippen molar-refractivity contribution in [2.75, 3.05) is 6.54 Å². The fraction of sp³-hybridized carbons (Fsp3) is 0.438. The molecular formula is C16H19NO4.